The summed E-state index contributed by atoms with van der Waals surface area (Å²) in [4.78, 5) is 14.3. The molecular weight excluding hydrogens is 300 g/mol. The molecule has 22 heavy (non-hydrogen) atoms. The number of carbonyl (C=O) groups is 1. The second kappa shape index (κ2) is 9.70. The molecule has 1 aliphatic heterocycles. The number of likely N-dealkylation sites (tertiary alicyclic amines) is 1. The van der Waals surface area contributed by atoms with Crippen LogP contribution in [0, 0.1) is 5.92 Å². The summed E-state index contributed by atoms with van der Waals surface area (Å²) in [7, 11) is 3.66. The lowest BCUT2D eigenvalue weighted by Gasteiger charge is -2.32. The van der Waals surface area contributed by atoms with Crippen molar-refractivity contribution in [3.63, 3.8) is 0 Å². The smallest absolute Gasteiger partial charge is 0.222 e. The van der Waals surface area contributed by atoms with Crippen molar-refractivity contribution in [3.05, 3.63) is 29.8 Å². The van der Waals surface area contributed by atoms with Gasteiger partial charge in [0, 0.05) is 19.5 Å². The maximum absolute atomic E-state index is 12.3. The number of rotatable bonds is 6. The average molecular weight is 327 g/mol. The van der Waals surface area contributed by atoms with Gasteiger partial charge in [-0.2, -0.15) is 0 Å². The molecule has 5 heteroatoms. The number of halogens is 1. The Bertz CT molecular complexity index is 460. The van der Waals surface area contributed by atoms with Crippen molar-refractivity contribution >= 4 is 18.3 Å². The van der Waals surface area contributed by atoms with Gasteiger partial charge in [-0.3, -0.25) is 4.79 Å². The zero-order chi connectivity index (χ0) is 15.1. The van der Waals surface area contributed by atoms with Gasteiger partial charge < -0.3 is 15.0 Å². The van der Waals surface area contributed by atoms with Crippen molar-refractivity contribution < 1.29 is 9.53 Å². The van der Waals surface area contributed by atoms with Crippen molar-refractivity contribution in [1.82, 2.24) is 10.2 Å². The van der Waals surface area contributed by atoms with Crippen molar-refractivity contribution in [2.24, 2.45) is 5.92 Å². The van der Waals surface area contributed by atoms with E-state index in [9.17, 15) is 4.79 Å². The molecule has 1 aromatic rings. The average Bonchev–Trinajstić information content (AvgIpc) is 2.54. The number of ether oxygens (including phenoxy) is 1. The van der Waals surface area contributed by atoms with Gasteiger partial charge in [-0.05, 0) is 50.4 Å². The minimum atomic E-state index is 0. The molecule has 1 amide bonds. The van der Waals surface area contributed by atoms with E-state index in [0.717, 1.165) is 50.2 Å². The summed E-state index contributed by atoms with van der Waals surface area (Å²) < 4.78 is 5.33. The molecule has 1 aliphatic rings. The first-order valence-corrected chi connectivity index (χ1v) is 7.79. The zero-order valence-corrected chi connectivity index (χ0v) is 14.3. The molecule has 1 saturated heterocycles. The number of hydrogen-bond donors (Lipinski definition) is 1. The number of nitrogens with zero attached hydrogens (tertiary/aromatic N) is 1. The van der Waals surface area contributed by atoms with Gasteiger partial charge in [-0.1, -0.05) is 18.2 Å². The van der Waals surface area contributed by atoms with Gasteiger partial charge in [-0.15, -0.1) is 12.4 Å². The second-order valence-corrected chi connectivity index (χ2v) is 5.69. The highest BCUT2D eigenvalue weighted by atomic mass is 35.5. The number of methoxy groups -OCH3 is 1. The van der Waals surface area contributed by atoms with Crippen LogP contribution < -0.4 is 10.1 Å². The zero-order valence-electron chi connectivity index (χ0n) is 13.5. The molecule has 0 saturated carbocycles. The molecule has 0 spiro atoms. The van der Waals surface area contributed by atoms with Crippen LogP contribution >= 0.6 is 12.4 Å². The summed E-state index contributed by atoms with van der Waals surface area (Å²) in [6, 6.07) is 7.93. The number of hydrogen-bond acceptors (Lipinski definition) is 3. The molecule has 0 aliphatic carbocycles. The predicted octanol–water partition coefficient (Wildman–Crippen LogP) is 2.51. The first-order chi connectivity index (χ1) is 10.2. The topological polar surface area (TPSA) is 41.6 Å². The number of piperidine rings is 1. The van der Waals surface area contributed by atoms with Gasteiger partial charge in [0.15, 0.2) is 0 Å². The summed E-state index contributed by atoms with van der Waals surface area (Å²) in [5, 5.41) is 3.22. The van der Waals surface area contributed by atoms with Crippen LogP contribution in [0.1, 0.15) is 24.8 Å². The maximum atomic E-state index is 12.3. The van der Waals surface area contributed by atoms with Gasteiger partial charge in [0.2, 0.25) is 5.91 Å². The summed E-state index contributed by atoms with van der Waals surface area (Å²) in [5.74, 6) is 1.86. The van der Waals surface area contributed by atoms with Crippen LogP contribution in [-0.4, -0.2) is 44.6 Å². The summed E-state index contributed by atoms with van der Waals surface area (Å²) in [6.07, 6.45) is 3.54. The van der Waals surface area contributed by atoms with Crippen LogP contribution in [0.25, 0.3) is 0 Å². The van der Waals surface area contributed by atoms with E-state index in [1.54, 1.807) is 7.11 Å². The Morgan fingerprint density at radius 2 is 2.00 bits per heavy atom. The highest BCUT2D eigenvalue weighted by Crippen LogP contribution is 2.21. The van der Waals surface area contributed by atoms with Crippen molar-refractivity contribution in [2.45, 2.75) is 25.7 Å². The second-order valence-electron chi connectivity index (χ2n) is 5.69. The highest BCUT2D eigenvalue weighted by molar-refractivity contribution is 5.85. The third kappa shape index (κ3) is 5.18. The van der Waals surface area contributed by atoms with Gasteiger partial charge in [0.1, 0.15) is 5.75 Å². The summed E-state index contributed by atoms with van der Waals surface area (Å²) >= 11 is 0. The lowest BCUT2D eigenvalue weighted by Crippen LogP contribution is -2.40. The van der Waals surface area contributed by atoms with E-state index in [-0.39, 0.29) is 18.3 Å². The molecule has 1 N–H and O–H groups in total. The van der Waals surface area contributed by atoms with Gasteiger partial charge >= 0.3 is 0 Å². The van der Waals surface area contributed by atoms with E-state index in [1.807, 2.05) is 36.2 Å². The molecule has 1 fully saturated rings. The highest BCUT2D eigenvalue weighted by Gasteiger charge is 2.22. The van der Waals surface area contributed by atoms with Crippen LogP contribution in [0.3, 0.4) is 0 Å². The van der Waals surface area contributed by atoms with Crippen LogP contribution in [0.5, 0.6) is 5.75 Å². The number of carbonyl (C=O) groups excluding carboxylic acids is 1. The van der Waals surface area contributed by atoms with Gasteiger partial charge in [0.25, 0.3) is 0 Å². The monoisotopic (exact) mass is 326 g/mol. The third-order valence-electron chi connectivity index (χ3n) is 4.26. The van der Waals surface area contributed by atoms with Crippen molar-refractivity contribution in [2.75, 3.05) is 33.8 Å². The van der Waals surface area contributed by atoms with E-state index >= 15 is 0 Å². The number of amides is 1. The van der Waals surface area contributed by atoms with Gasteiger partial charge in [-0.25, -0.2) is 0 Å². The van der Waals surface area contributed by atoms with E-state index in [0.29, 0.717) is 12.3 Å². The van der Waals surface area contributed by atoms with Gasteiger partial charge in [0.05, 0.1) is 7.11 Å². The first-order valence-electron chi connectivity index (χ1n) is 7.79. The number of benzene rings is 1. The van der Waals surface area contributed by atoms with Crippen molar-refractivity contribution in [1.29, 1.82) is 0 Å². The maximum Gasteiger partial charge on any atom is 0.222 e. The van der Waals surface area contributed by atoms with Crippen LogP contribution in [0.2, 0.25) is 0 Å². The first kappa shape index (κ1) is 18.8. The fourth-order valence-electron chi connectivity index (χ4n) is 2.98. The lowest BCUT2D eigenvalue weighted by atomic mass is 9.96. The molecule has 1 aromatic carbocycles. The fraction of sp³-hybridized carbons (Fsp3) is 0.588. The summed E-state index contributed by atoms with van der Waals surface area (Å²) in [5.41, 5.74) is 1.11. The van der Waals surface area contributed by atoms with E-state index in [1.165, 1.54) is 0 Å². The molecule has 2 rings (SSSR count). The quantitative estimate of drug-likeness (QED) is 0.873. The minimum absolute atomic E-state index is 0. The van der Waals surface area contributed by atoms with E-state index in [2.05, 4.69) is 5.32 Å². The molecule has 4 nitrogen and oxygen atoms in total. The molecule has 0 radical (unpaired) electrons. The van der Waals surface area contributed by atoms with Crippen LogP contribution in [0.15, 0.2) is 24.3 Å². The Balaban J connectivity index is 0.00000242. The molecular formula is C17H27ClN2O2. The third-order valence-corrected chi connectivity index (χ3v) is 4.26. The normalized spacial score (nSPS) is 15.3. The Labute approximate surface area is 139 Å². The molecule has 0 atom stereocenters. The summed E-state index contributed by atoms with van der Waals surface area (Å²) in [6.45, 7) is 2.86. The van der Waals surface area contributed by atoms with E-state index < -0.39 is 0 Å². The predicted molar refractivity (Wildman–Crippen MR) is 91.8 cm³/mol. The molecule has 1 heterocycles. The standard InChI is InChI=1S/C17H26N2O2.ClH/c1-18-13-14-9-11-19(12-10-14)17(20)8-7-15-5-3-4-6-16(15)21-2;/h3-6,14,18H,7-13H2,1-2H3;1H. The lowest BCUT2D eigenvalue weighted by molar-refractivity contribution is -0.132. The molecule has 0 aromatic heterocycles. The van der Waals surface area contributed by atoms with Crippen molar-refractivity contribution in [3.8, 4) is 5.75 Å². The fourth-order valence-corrected chi connectivity index (χ4v) is 2.98. The Kier molecular flexibility index (Phi) is 8.28. The van der Waals surface area contributed by atoms with E-state index in [4.69, 9.17) is 4.74 Å². The molecule has 0 bridgehead atoms. The number of aryl methyl sites for hydroxylation is 1. The Morgan fingerprint density at radius 1 is 1.32 bits per heavy atom. The Morgan fingerprint density at radius 3 is 2.64 bits per heavy atom. The van der Waals surface area contributed by atoms with Crippen LogP contribution in [-0.2, 0) is 11.2 Å². The minimum Gasteiger partial charge on any atom is -0.496 e. The number of para-hydroxylation sites is 1. The van der Waals surface area contributed by atoms with Crippen LogP contribution in [0.4, 0.5) is 0 Å². The Hall–Kier alpha value is -1.26. The molecule has 0 unspecified atom stereocenters. The largest absolute Gasteiger partial charge is 0.496 e. The SMILES string of the molecule is CNCC1CCN(C(=O)CCc2ccccc2OC)CC1.Cl. The molecule has 124 valence electrons. The number of nitrogens with one attached hydrogen (secondary N) is 1.